The van der Waals surface area contributed by atoms with Gasteiger partial charge in [-0.05, 0) is 24.3 Å². The third-order valence-electron chi connectivity index (χ3n) is 2.24. The minimum absolute atomic E-state index is 0.0287. The predicted octanol–water partition coefficient (Wildman–Crippen LogP) is 2.19. The number of anilines is 2. The third kappa shape index (κ3) is 2.42. The second-order valence-corrected chi connectivity index (χ2v) is 3.52. The topological polar surface area (TPSA) is 68.0 Å². The Hall–Kier alpha value is -2.50. The van der Waals surface area contributed by atoms with E-state index in [2.05, 4.69) is 10.3 Å². The second-order valence-electron chi connectivity index (χ2n) is 3.52. The highest BCUT2D eigenvalue weighted by Crippen LogP contribution is 2.22. The maximum Gasteiger partial charge on any atom is 0.274 e. The number of para-hydroxylation sites is 1. The molecule has 0 radical (unpaired) electrons. The fourth-order valence-electron chi connectivity index (χ4n) is 1.36. The summed E-state index contributed by atoms with van der Waals surface area (Å²) in [5.41, 5.74) is 5.49. The van der Waals surface area contributed by atoms with Crippen LogP contribution >= 0.6 is 0 Å². The van der Waals surface area contributed by atoms with Crippen molar-refractivity contribution in [3.63, 3.8) is 0 Å². The van der Waals surface area contributed by atoms with Gasteiger partial charge in [-0.1, -0.05) is 6.07 Å². The minimum Gasteiger partial charge on any atom is -0.397 e. The van der Waals surface area contributed by atoms with Crippen molar-refractivity contribution in [1.29, 1.82) is 0 Å². The molecule has 6 heteroatoms. The highest BCUT2D eigenvalue weighted by molar-refractivity contribution is 6.04. The molecule has 0 fully saturated rings. The average Bonchev–Trinajstić information content (AvgIpc) is 2.34. The Morgan fingerprint density at radius 3 is 2.61 bits per heavy atom. The lowest BCUT2D eigenvalue weighted by Crippen LogP contribution is -2.15. The molecule has 4 nitrogen and oxygen atoms in total. The normalized spacial score (nSPS) is 10.1. The van der Waals surface area contributed by atoms with Gasteiger partial charge in [0.15, 0.2) is 0 Å². The van der Waals surface area contributed by atoms with Gasteiger partial charge in [0.1, 0.15) is 23.0 Å². The van der Waals surface area contributed by atoms with Gasteiger partial charge in [0.25, 0.3) is 5.91 Å². The van der Waals surface area contributed by atoms with Crippen LogP contribution in [0, 0.1) is 11.6 Å². The monoisotopic (exact) mass is 249 g/mol. The highest BCUT2D eigenvalue weighted by atomic mass is 19.1. The van der Waals surface area contributed by atoms with Crippen molar-refractivity contribution in [2.45, 2.75) is 0 Å². The molecule has 0 spiro atoms. The summed E-state index contributed by atoms with van der Waals surface area (Å²) in [7, 11) is 0. The average molecular weight is 249 g/mol. The molecular formula is C12H9F2N3O. The fourth-order valence-corrected chi connectivity index (χ4v) is 1.36. The third-order valence-corrected chi connectivity index (χ3v) is 2.24. The number of benzene rings is 1. The van der Waals surface area contributed by atoms with E-state index in [4.69, 9.17) is 5.73 Å². The summed E-state index contributed by atoms with van der Waals surface area (Å²) >= 11 is 0. The smallest absolute Gasteiger partial charge is 0.274 e. The number of pyridine rings is 1. The second kappa shape index (κ2) is 4.79. The van der Waals surface area contributed by atoms with Crippen LogP contribution in [0.15, 0.2) is 36.5 Å². The van der Waals surface area contributed by atoms with Crippen LogP contribution < -0.4 is 11.1 Å². The molecule has 0 saturated heterocycles. The lowest BCUT2D eigenvalue weighted by atomic mass is 10.2. The van der Waals surface area contributed by atoms with Crippen LogP contribution in [0.1, 0.15) is 10.5 Å². The molecule has 18 heavy (non-hydrogen) atoms. The lowest BCUT2D eigenvalue weighted by Gasteiger charge is -2.08. The largest absolute Gasteiger partial charge is 0.397 e. The molecule has 2 aromatic rings. The van der Waals surface area contributed by atoms with Crippen LogP contribution in [0.4, 0.5) is 20.2 Å². The quantitative estimate of drug-likeness (QED) is 0.801. The summed E-state index contributed by atoms with van der Waals surface area (Å²) < 4.78 is 26.0. The number of rotatable bonds is 2. The van der Waals surface area contributed by atoms with Crippen LogP contribution in [0.25, 0.3) is 0 Å². The standard InChI is InChI=1S/C12H9F2N3O/c13-7-4-5-10(16-6-7)12(18)17-11-8(14)2-1-3-9(11)15/h1-6H,15H2,(H,17,18). The molecule has 0 bridgehead atoms. The first kappa shape index (κ1) is 12.0. The highest BCUT2D eigenvalue weighted by Gasteiger charge is 2.12. The number of nitrogen functional groups attached to an aromatic ring is 1. The van der Waals surface area contributed by atoms with Crippen LogP contribution in [0.5, 0.6) is 0 Å². The van der Waals surface area contributed by atoms with E-state index >= 15 is 0 Å². The molecule has 0 aliphatic heterocycles. The van der Waals surface area contributed by atoms with Crippen molar-refractivity contribution in [1.82, 2.24) is 4.98 Å². The molecule has 0 saturated carbocycles. The Kier molecular flexibility index (Phi) is 3.18. The van der Waals surface area contributed by atoms with Crippen molar-refractivity contribution in [2.75, 3.05) is 11.1 Å². The van der Waals surface area contributed by atoms with Gasteiger partial charge >= 0.3 is 0 Å². The Morgan fingerprint density at radius 2 is 2.00 bits per heavy atom. The Labute approximate surface area is 101 Å². The summed E-state index contributed by atoms with van der Waals surface area (Å²) in [4.78, 5) is 15.3. The van der Waals surface area contributed by atoms with Crippen molar-refractivity contribution >= 4 is 17.3 Å². The van der Waals surface area contributed by atoms with E-state index in [9.17, 15) is 13.6 Å². The predicted molar refractivity (Wildman–Crippen MR) is 63.0 cm³/mol. The molecule has 0 aliphatic rings. The number of hydrogen-bond acceptors (Lipinski definition) is 3. The molecule has 1 heterocycles. The molecule has 0 aliphatic carbocycles. The number of nitrogens with two attached hydrogens (primary N) is 1. The van der Waals surface area contributed by atoms with E-state index in [1.807, 2.05) is 0 Å². The summed E-state index contributed by atoms with van der Waals surface area (Å²) in [5, 5.41) is 2.29. The van der Waals surface area contributed by atoms with E-state index in [-0.39, 0.29) is 17.1 Å². The van der Waals surface area contributed by atoms with Crippen molar-refractivity contribution < 1.29 is 13.6 Å². The number of nitrogens with zero attached hydrogens (tertiary/aromatic N) is 1. The maximum absolute atomic E-state index is 13.4. The first-order valence-corrected chi connectivity index (χ1v) is 5.05. The molecule has 3 N–H and O–H groups in total. The summed E-state index contributed by atoms with van der Waals surface area (Å²) in [6, 6.07) is 6.34. The van der Waals surface area contributed by atoms with Gasteiger partial charge in [-0.3, -0.25) is 4.79 Å². The lowest BCUT2D eigenvalue weighted by molar-refractivity contribution is 0.102. The molecule has 1 aromatic carbocycles. The Morgan fingerprint density at radius 1 is 1.22 bits per heavy atom. The van der Waals surface area contributed by atoms with Gasteiger partial charge < -0.3 is 11.1 Å². The number of amides is 1. The number of carbonyl (C=O) groups excluding carboxylic acids is 1. The first-order chi connectivity index (χ1) is 8.58. The van der Waals surface area contributed by atoms with Crippen LogP contribution in [-0.2, 0) is 0 Å². The molecule has 0 atom stereocenters. The molecular weight excluding hydrogens is 240 g/mol. The van der Waals surface area contributed by atoms with Crippen molar-refractivity contribution in [3.05, 3.63) is 53.9 Å². The van der Waals surface area contributed by atoms with Gasteiger partial charge in [-0.15, -0.1) is 0 Å². The van der Waals surface area contributed by atoms with Gasteiger partial charge in [-0.25, -0.2) is 13.8 Å². The molecule has 1 amide bonds. The Balaban J connectivity index is 2.24. The van der Waals surface area contributed by atoms with Gasteiger partial charge in [0.05, 0.1) is 11.9 Å². The zero-order valence-corrected chi connectivity index (χ0v) is 9.15. The number of hydrogen-bond donors (Lipinski definition) is 2. The Bertz CT molecular complexity index is 564. The number of nitrogens with one attached hydrogen (secondary N) is 1. The number of carbonyl (C=O) groups is 1. The van der Waals surface area contributed by atoms with Crippen molar-refractivity contribution in [3.8, 4) is 0 Å². The van der Waals surface area contributed by atoms with E-state index < -0.39 is 17.5 Å². The van der Waals surface area contributed by atoms with Crippen LogP contribution in [0.2, 0.25) is 0 Å². The minimum atomic E-state index is -0.660. The van der Waals surface area contributed by atoms with Crippen LogP contribution in [0.3, 0.4) is 0 Å². The van der Waals surface area contributed by atoms with Gasteiger partial charge in [-0.2, -0.15) is 0 Å². The van der Waals surface area contributed by atoms with Crippen LogP contribution in [-0.4, -0.2) is 10.9 Å². The fraction of sp³-hybridized carbons (Fsp3) is 0. The zero-order valence-electron chi connectivity index (χ0n) is 9.15. The number of halogens is 2. The SMILES string of the molecule is Nc1cccc(F)c1NC(=O)c1ccc(F)cn1. The first-order valence-electron chi connectivity index (χ1n) is 5.05. The molecule has 0 unspecified atom stereocenters. The maximum atomic E-state index is 13.4. The summed E-state index contributed by atoms with van der Waals surface area (Å²) in [6.45, 7) is 0. The molecule has 1 aromatic heterocycles. The van der Waals surface area contributed by atoms with E-state index in [1.165, 1.54) is 24.3 Å². The van der Waals surface area contributed by atoms with E-state index in [0.29, 0.717) is 0 Å². The van der Waals surface area contributed by atoms with Gasteiger partial charge in [0.2, 0.25) is 0 Å². The van der Waals surface area contributed by atoms with Crippen molar-refractivity contribution in [2.24, 2.45) is 0 Å². The van der Waals surface area contributed by atoms with E-state index in [0.717, 1.165) is 12.3 Å². The summed E-state index contributed by atoms with van der Waals surface area (Å²) in [6.07, 6.45) is 0.902. The molecule has 2 rings (SSSR count). The summed E-state index contributed by atoms with van der Waals surface area (Å²) in [5.74, 6) is -1.87. The number of aromatic nitrogens is 1. The van der Waals surface area contributed by atoms with Gasteiger partial charge in [0, 0.05) is 0 Å². The van der Waals surface area contributed by atoms with E-state index in [1.54, 1.807) is 0 Å². The zero-order chi connectivity index (χ0) is 13.1. The molecule has 92 valence electrons.